The maximum absolute atomic E-state index is 13.7. The van der Waals surface area contributed by atoms with E-state index in [1.54, 1.807) is 0 Å². The van der Waals surface area contributed by atoms with Crippen LogP contribution < -0.4 is 0 Å². The summed E-state index contributed by atoms with van der Waals surface area (Å²) in [6, 6.07) is 0. The van der Waals surface area contributed by atoms with Gasteiger partial charge in [-0.3, -0.25) is 28.8 Å². The van der Waals surface area contributed by atoms with E-state index in [2.05, 4.69) is 41.5 Å². The van der Waals surface area contributed by atoms with Crippen LogP contribution >= 0.6 is 0 Å². The first kappa shape index (κ1) is 123. The van der Waals surface area contributed by atoms with E-state index in [1.807, 2.05) is 6.92 Å². The highest BCUT2D eigenvalue weighted by molar-refractivity contribution is 5.72. The smallest absolute Gasteiger partial charge is 0.306 e. The maximum Gasteiger partial charge on any atom is 0.306 e. The van der Waals surface area contributed by atoms with E-state index in [0.29, 0.717) is 44.9 Å². The van der Waals surface area contributed by atoms with Crippen LogP contribution in [0.15, 0.2) is 0 Å². The summed E-state index contributed by atoms with van der Waals surface area (Å²) >= 11 is 0. The summed E-state index contributed by atoms with van der Waals surface area (Å²) in [4.78, 5) is 77.4. The average molecular weight is 1780 g/mol. The van der Waals surface area contributed by atoms with Gasteiger partial charge >= 0.3 is 35.8 Å². The summed E-state index contributed by atoms with van der Waals surface area (Å²) in [7, 11) is 1.49. The monoisotopic (exact) mass is 1780 g/mol. The highest BCUT2D eigenvalue weighted by atomic mass is 16.6. The molecule has 0 aromatic rings. The molecular formula is C114H218O12. The normalized spacial score (nSPS) is 13.0. The van der Waals surface area contributed by atoms with Crippen molar-refractivity contribution in [3.63, 3.8) is 0 Å². The minimum Gasteiger partial charge on any atom is -0.469 e. The summed E-state index contributed by atoms with van der Waals surface area (Å²) in [6.07, 6.45) is 108. The summed E-state index contributed by atoms with van der Waals surface area (Å²) in [5.74, 6) is 1.85. The van der Waals surface area contributed by atoms with Crippen molar-refractivity contribution in [1.29, 1.82) is 0 Å². The lowest BCUT2D eigenvalue weighted by Crippen LogP contribution is -2.30. The number of carbonyl (C=O) groups excluding carboxylic acids is 6. The Bertz CT molecular complexity index is 2270. The highest BCUT2D eigenvalue weighted by Gasteiger charge is 2.25. The van der Waals surface area contributed by atoms with Crippen molar-refractivity contribution >= 4 is 35.8 Å². The first-order valence-electron chi connectivity index (χ1n) is 56.8. The quantitative estimate of drug-likeness (QED) is 0.0323. The molecule has 0 aliphatic carbocycles. The minimum absolute atomic E-state index is 0.0892. The summed E-state index contributed by atoms with van der Waals surface area (Å²) in [5.41, 5.74) is 0. The topological polar surface area (TPSA) is 158 Å². The molecule has 126 heavy (non-hydrogen) atoms. The number of ether oxygens (including phenoxy) is 6. The molecule has 0 bridgehead atoms. The predicted molar refractivity (Wildman–Crippen MR) is 538 cm³/mol. The van der Waals surface area contributed by atoms with Gasteiger partial charge in [-0.1, -0.05) is 549 Å². The largest absolute Gasteiger partial charge is 0.469 e. The van der Waals surface area contributed by atoms with E-state index < -0.39 is 6.10 Å². The van der Waals surface area contributed by atoms with Crippen molar-refractivity contribution < 1.29 is 57.2 Å². The average Bonchev–Trinajstić information content (AvgIpc) is 0.920. The molecule has 0 amide bonds. The van der Waals surface area contributed by atoms with Crippen LogP contribution in [-0.2, 0) is 57.2 Å². The number of hydrogen-bond donors (Lipinski definition) is 0. The molecular weight excluding hydrogens is 1560 g/mol. The molecule has 0 aliphatic rings. The fourth-order valence-corrected chi connectivity index (χ4v) is 19.4. The van der Waals surface area contributed by atoms with E-state index in [4.69, 9.17) is 28.4 Å². The molecule has 0 aromatic carbocycles. The van der Waals surface area contributed by atoms with E-state index in [-0.39, 0.29) is 61.7 Å². The molecule has 0 saturated heterocycles. The van der Waals surface area contributed by atoms with Crippen LogP contribution in [0.2, 0.25) is 0 Å². The van der Waals surface area contributed by atoms with Gasteiger partial charge in [-0.05, 0) is 68.6 Å². The first-order chi connectivity index (χ1) is 61.9. The zero-order chi connectivity index (χ0) is 91.6. The molecule has 6 unspecified atom stereocenters. The van der Waals surface area contributed by atoms with Crippen LogP contribution in [-0.4, -0.2) is 75.0 Å². The number of rotatable bonds is 105. The fraction of sp³-hybridized carbons (Fsp3) is 0.947. The van der Waals surface area contributed by atoms with Gasteiger partial charge in [0, 0.05) is 38.5 Å². The van der Waals surface area contributed by atoms with Crippen LogP contribution in [0, 0.1) is 23.7 Å². The molecule has 12 heteroatoms. The zero-order valence-electron chi connectivity index (χ0n) is 85.8. The summed E-state index contributed by atoms with van der Waals surface area (Å²) in [6.45, 7) is 15.8. The van der Waals surface area contributed by atoms with Crippen LogP contribution in [0.25, 0.3) is 0 Å². The van der Waals surface area contributed by atoms with Gasteiger partial charge in [0.1, 0.15) is 25.9 Å². The lowest BCUT2D eigenvalue weighted by atomic mass is 9.78. The molecule has 0 fully saturated rings. The molecule has 0 heterocycles. The molecule has 0 saturated carbocycles. The Morgan fingerprint density at radius 1 is 0.167 bits per heavy atom. The lowest BCUT2D eigenvalue weighted by Gasteiger charge is -2.28. The van der Waals surface area contributed by atoms with Gasteiger partial charge in [-0.25, -0.2) is 0 Å². The highest BCUT2D eigenvalue weighted by Crippen LogP contribution is 2.37. The van der Waals surface area contributed by atoms with Gasteiger partial charge in [0.2, 0.25) is 0 Å². The van der Waals surface area contributed by atoms with Gasteiger partial charge in [0.15, 0.2) is 6.10 Å². The molecule has 746 valence electrons. The second-order valence-corrected chi connectivity index (χ2v) is 39.9. The molecule has 0 N–H and O–H groups in total. The molecule has 6 atom stereocenters. The number of esters is 6. The third-order valence-corrected chi connectivity index (χ3v) is 27.9. The third-order valence-electron chi connectivity index (χ3n) is 27.9. The van der Waals surface area contributed by atoms with Gasteiger partial charge in [-0.15, -0.1) is 0 Å². The van der Waals surface area contributed by atoms with E-state index in [0.717, 1.165) is 126 Å². The SMILES string of the molecule is CCCCCCCCCCCCCCCCCC(=O)OCC(COC(=O)CCCCCCCC(CCCCCCCC)C(CCCCCCCC)CCCCCCCCC(=O)OC)OC(=O)CCCCCCCC(CCCCCCCCC)C(CCCCCCC)CCCCCCCCCC(=O)OC(CC)COC(=O)CCCCCCCCCCCCCCCC. The zero-order valence-corrected chi connectivity index (χ0v) is 85.8. The molecule has 0 aliphatic heterocycles. The molecule has 0 radical (unpaired) electrons. The van der Waals surface area contributed by atoms with Crippen molar-refractivity contribution in [2.75, 3.05) is 26.9 Å². The number of carbonyl (C=O) groups is 6. The van der Waals surface area contributed by atoms with Crippen molar-refractivity contribution in [2.45, 2.75) is 645 Å². The number of hydrogen-bond acceptors (Lipinski definition) is 12. The van der Waals surface area contributed by atoms with Gasteiger partial charge in [0.25, 0.3) is 0 Å². The van der Waals surface area contributed by atoms with Crippen molar-refractivity contribution in [3.8, 4) is 0 Å². The lowest BCUT2D eigenvalue weighted by molar-refractivity contribution is -0.167. The molecule has 0 aromatic heterocycles. The van der Waals surface area contributed by atoms with E-state index in [9.17, 15) is 28.8 Å². The second-order valence-electron chi connectivity index (χ2n) is 39.9. The maximum atomic E-state index is 13.7. The standard InChI is InChI=1S/C114H218O12/c1-9-16-22-28-33-35-37-39-41-43-45-47-52-68-82-96-111(117)123-101-108(102-124-112(118)97-83-70-56-64-78-92-105(88-74-60-32-26-20-13-5)104(87-73-59-31-25-19-12-4)91-77-63-54-55-66-80-94-109(115)121-8)126-114(120)99-85-71-57-65-79-93-106(89-75-61-49-30-24-18-11-3)103(86-72-58-27-21-14-6)90-76-62-50-48-53-69-84-98-113(119)125-107(15-7)100-122-110(116)95-81-67-51-46-44-42-40-38-36-34-29-23-17-10-2/h103-108H,9-102H2,1-8H3. The van der Waals surface area contributed by atoms with Crippen molar-refractivity contribution in [2.24, 2.45) is 23.7 Å². The van der Waals surface area contributed by atoms with Gasteiger partial charge in [0.05, 0.1) is 7.11 Å². The third kappa shape index (κ3) is 88.7. The van der Waals surface area contributed by atoms with E-state index in [1.165, 1.54) is 444 Å². The molecule has 0 rings (SSSR count). The Balaban J connectivity index is 5.62. The Kier molecular flexibility index (Phi) is 98.3. The second kappa shape index (κ2) is 101. The van der Waals surface area contributed by atoms with Crippen LogP contribution in [0.5, 0.6) is 0 Å². The molecule has 0 spiro atoms. The van der Waals surface area contributed by atoms with Crippen molar-refractivity contribution in [3.05, 3.63) is 0 Å². The predicted octanol–water partition coefficient (Wildman–Crippen LogP) is 36.7. The minimum atomic E-state index is -0.827. The Morgan fingerprint density at radius 3 is 0.484 bits per heavy atom. The Morgan fingerprint density at radius 2 is 0.310 bits per heavy atom. The van der Waals surface area contributed by atoms with Crippen LogP contribution in [0.1, 0.15) is 633 Å². The Hall–Kier alpha value is -3.18. The van der Waals surface area contributed by atoms with E-state index >= 15 is 0 Å². The van der Waals surface area contributed by atoms with Crippen molar-refractivity contribution in [1.82, 2.24) is 0 Å². The summed E-state index contributed by atoms with van der Waals surface area (Å²) < 4.78 is 33.9. The number of methoxy groups -OCH3 is 1. The Labute approximate surface area is 784 Å². The summed E-state index contributed by atoms with van der Waals surface area (Å²) in [5, 5.41) is 0. The molecule has 12 nitrogen and oxygen atoms in total. The van der Waals surface area contributed by atoms with Crippen LogP contribution in [0.3, 0.4) is 0 Å². The van der Waals surface area contributed by atoms with Gasteiger partial charge in [-0.2, -0.15) is 0 Å². The van der Waals surface area contributed by atoms with Crippen LogP contribution in [0.4, 0.5) is 0 Å². The van der Waals surface area contributed by atoms with Gasteiger partial charge < -0.3 is 28.4 Å². The first-order valence-corrected chi connectivity index (χ1v) is 56.8. The fourth-order valence-electron chi connectivity index (χ4n) is 19.4. The number of unbranched alkanes of at least 4 members (excludes halogenated alkanes) is 66.